The number of carbonyl (C=O) groups excluding carboxylic acids is 1. The second-order valence-corrected chi connectivity index (χ2v) is 5.92. The molecule has 0 aromatic heterocycles. The number of nitrogens with zero attached hydrogens (tertiary/aromatic N) is 1. The summed E-state index contributed by atoms with van der Waals surface area (Å²) in [5, 5.41) is 0. The van der Waals surface area contributed by atoms with Gasteiger partial charge in [0.15, 0.2) is 0 Å². The average molecular weight is 263 g/mol. The zero-order valence-electron chi connectivity index (χ0n) is 12.8. The molecule has 0 aromatic rings. The molecule has 1 saturated heterocycles. The number of hydrogen-bond acceptors (Lipinski definition) is 2. The van der Waals surface area contributed by atoms with E-state index in [1.807, 2.05) is 0 Å². The topological polar surface area (TPSA) is 20.3 Å². The van der Waals surface area contributed by atoms with E-state index >= 15 is 0 Å². The van der Waals surface area contributed by atoms with Crippen molar-refractivity contribution in [1.29, 1.82) is 0 Å². The SMILES string of the molecule is CC(C)=CCC/C(C)=C/CN1CCCCCC1C=O. The van der Waals surface area contributed by atoms with Crippen LogP contribution in [0.15, 0.2) is 23.3 Å². The van der Waals surface area contributed by atoms with E-state index in [-0.39, 0.29) is 6.04 Å². The summed E-state index contributed by atoms with van der Waals surface area (Å²) in [6.07, 6.45) is 12.7. The number of carbonyl (C=O) groups is 1. The van der Waals surface area contributed by atoms with Crippen molar-refractivity contribution in [2.24, 2.45) is 0 Å². The molecule has 1 rings (SSSR count). The fraction of sp³-hybridized carbons (Fsp3) is 0.706. The second kappa shape index (κ2) is 9.08. The molecule has 2 heteroatoms. The number of rotatable bonds is 6. The molecule has 1 unspecified atom stereocenters. The zero-order chi connectivity index (χ0) is 14.1. The Hall–Kier alpha value is -0.890. The van der Waals surface area contributed by atoms with Crippen molar-refractivity contribution in [2.75, 3.05) is 13.1 Å². The van der Waals surface area contributed by atoms with Gasteiger partial charge < -0.3 is 4.79 Å². The van der Waals surface area contributed by atoms with E-state index in [9.17, 15) is 4.79 Å². The van der Waals surface area contributed by atoms with Crippen LogP contribution in [-0.2, 0) is 4.79 Å². The Morgan fingerprint density at radius 3 is 2.63 bits per heavy atom. The van der Waals surface area contributed by atoms with Gasteiger partial charge in [-0.3, -0.25) is 4.90 Å². The molecule has 0 saturated carbocycles. The lowest BCUT2D eigenvalue weighted by molar-refractivity contribution is -0.112. The van der Waals surface area contributed by atoms with Crippen LogP contribution in [0.25, 0.3) is 0 Å². The number of allylic oxidation sites excluding steroid dienone is 3. The molecule has 1 fully saturated rings. The number of likely N-dealkylation sites (tertiary alicyclic amines) is 1. The predicted molar refractivity (Wildman–Crippen MR) is 82.3 cm³/mol. The standard InChI is InChI=1S/C17H29NO/c1-15(2)8-7-9-16(3)11-13-18-12-6-4-5-10-17(18)14-19/h8,11,14,17H,4-7,9-10,12-13H2,1-3H3/b16-11+. The summed E-state index contributed by atoms with van der Waals surface area (Å²) in [6, 6.07) is 0.143. The summed E-state index contributed by atoms with van der Waals surface area (Å²) in [5.74, 6) is 0. The van der Waals surface area contributed by atoms with Crippen molar-refractivity contribution in [2.45, 2.75) is 65.3 Å². The van der Waals surface area contributed by atoms with E-state index in [1.54, 1.807) is 0 Å². The van der Waals surface area contributed by atoms with Gasteiger partial charge in [-0.2, -0.15) is 0 Å². The highest BCUT2D eigenvalue weighted by Crippen LogP contribution is 2.16. The Balaban J connectivity index is 2.42. The quantitative estimate of drug-likeness (QED) is 0.530. The van der Waals surface area contributed by atoms with Crippen LogP contribution in [0, 0.1) is 0 Å². The van der Waals surface area contributed by atoms with Crippen LogP contribution < -0.4 is 0 Å². The van der Waals surface area contributed by atoms with Gasteiger partial charge in [-0.15, -0.1) is 0 Å². The van der Waals surface area contributed by atoms with Gasteiger partial charge >= 0.3 is 0 Å². The maximum absolute atomic E-state index is 11.1. The Morgan fingerprint density at radius 2 is 1.95 bits per heavy atom. The first-order chi connectivity index (χ1) is 9.13. The minimum absolute atomic E-state index is 0.143. The fourth-order valence-corrected chi connectivity index (χ4v) is 2.54. The molecule has 0 amide bonds. The summed E-state index contributed by atoms with van der Waals surface area (Å²) in [6.45, 7) is 8.49. The average Bonchev–Trinajstić information content (AvgIpc) is 2.60. The van der Waals surface area contributed by atoms with Crippen molar-refractivity contribution in [3.63, 3.8) is 0 Å². The molecule has 2 nitrogen and oxygen atoms in total. The smallest absolute Gasteiger partial charge is 0.137 e. The van der Waals surface area contributed by atoms with Crippen molar-refractivity contribution in [3.05, 3.63) is 23.3 Å². The summed E-state index contributed by atoms with van der Waals surface area (Å²) in [7, 11) is 0. The molecule has 1 heterocycles. The molecule has 19 heavy (non-hydrogen) atoms. The third-order valence-corrected chi connectivity index (χ3v) is 3.84. The summed E-state index contributed by atoms with van der Waals surface area (Å²) in [4.78, 5) is 13.5. The Morgan fingerprint density at radius 1 is 1.16 bits per heavy atom. The fourth-order valence-electron chi connectivity index (χ4n) is 2.54. The molecule has 1 atom stereocenters. The molecule has 0 N–H and O–H groups in total. The van der Waals surface area contributed by atoms with Crippen LogP contribution in [0.3, 0.4) is 0 Å². The molecule has 1 aliphatic heterocycles. The van der Waals surface area contributed by atoms with E-state index in [2.05, 4.69) is 37.8 Å². The van der Waals surface area contributed by atoms with Gasteiger partial charge in [0.05, 0.1) is 6.04 Å². The number of aldehydes is 1. The van der Waals surface area contributed by atoms with Gasteiger partial charge in [-0.25, -0.2) is 0 Å². The molecule has 0 spiro atoms. The monoisotopic (exact) mass is 263 g/mol. The third kappa shape index (κ3) is 6.72. The highest BCUT2D eigenvalue weighted by atomic mass is 16.1. The van der Waals surface area contributed by atoms with Crippen molar-refractivity contribution in [1.82, 2.24) is 4.90 Å². The minimum atomic E-state index is 0.143. The van der Waals surface area contributed by atoms with Crippen molar-refractivity contribution in [3.8, 4) is 0 Å². The van der Waals surface area contributed by atoms with E-state index in [0.29, 0.717) is 0 Å². The molecule has 1 aliphatic rings. The normalized spacial score (nSPS) is 21.8. The summed E-state index contributed by atoms with van der Waals surface area (Å²) < 4.78 is 0. The molecule has 0 aromatic carbocycles. The van der Waals surface area contributed by atoms with Crippen LogP contribution in [0.5, 0.6) is 0 Å². The second-order valence-electron chi connectivity index (χ2n) is 5.92. The van der Waals surface area contributed by atoms with Crippen molar-refractivity contribution < 1.29 is 4.79 Å². The number of hydrogen-bond donors (Lipinski definition) is 0. The largest absolute Gasteiger partial charge is 0.302 e. The first-order valence-corrected chi connectivity index (χ1v) is 7.62. The molecule has 108 valence electrons. The van der Waals surface area contributed by atoms with Crippen LogP contribution in [0.1, 0.15) is 59.3 Å². The summed E-state index contributed by atoms with van der Waals surface area (Å²) in [5.41, 5.74) is 2.83. The first kappa shape index (κ1) is 16.2. The Bertz CT molecular complexity index is 326. The van der Waals surface area contributed by atoms with Gasteiger partial charge in [0.2, 0.25) is 0 Å². The molecule has 0 aliphatic carbocycles. The van der Waals surface area contributed by atoms with E-state index < -0.39 is 0 Å². The highest BCUT2D eigenvalue weighted by molar-refractivity contribution is 5.57. The predicted octanol–water partition coefficient (Wildman–Crippen LogP) is 4.12. The maximum atomic E-state index is 11.1. The molecule has 0 bridgehead atoms. The molecular formula is C17H29NO. The van der Waals surface area contributed by atoms with Crippen LogP contribution in [-0.4, -0.2) is 30.3 Å². The van der Waals surface area contributed by atoms with Gasteiger partial charge in [0.25, 0.3) is 0 Å². The van der Waals surface area contributed by atoms with Crippen LogP contribution >= 0.6 is 0 Å². The zero-order valence-corrected chi connectivity index (χ0v) is 12.8. The molecular weight excluding hydrogens is 234 g/mol. The Kier molecular flexibility index (Phi) is 7.73. The van der Waals surface area contributed by atoms with Gasteiger partial charge in [0.1, 0.15) is 6.29 Å². The maximum Gasteiger partial charge on any atom is 0.137 e. The van der Waals surface area contributed by atoms with Crippen molar-refractivity contribution >= 4 is 6.29 Å². The molecule has 0 radical (unpaired) electrons. The van der Waals surface area contributed by atoms with Gasteiger partial charge in [-0.1, -0.05) is 36.1 Å². The summed E-state index contributed by atoms with van der Waals surface area (Å²) >= 11 is 0. The van der Waals surface area contributed by atoms with E-state index in [0.717, 1.165) is 38.6 Å². The van der Waals surface area contributed by atoms with E-state index in [4.69, 9.17) is 0 Å². The lowest BCUT2D eigenvalue weighted by atomic mass is 10.1. The van der Waals surface area contributed by atoms with Gasteiger partial charge in [-0.05, 0) is 53.0 Å². The van der Waals surface area contributed by atoms with Crippen LogP contribution in [0.4, 0.5) is 0 Å². The van der Waals surface area contributed by atoms with E-state index in [1.165, 1.54) is 30.4 Å². The van der Waals surface area contributed by atoms with Crippen LogP contribution in [0.2, 0.25) is 0 Å². The third-order valence-electron chi connectivity index (χ3n) is 3.84. The lowest BCUT2D eigenvalue weighted by Crippen LogP contribution is -2.36. The van der Waals surface area contributed by atoms with Gasteiger partial charge in [0, 0.05) is 6.54 Å². The first-order valence-electron chi connectivity index (χ1n) is 7.62. The Labute approximate surface area is 118 Å². The lowest BCUT2D eigenvalue weighted by Gasteiger charge is -2.24. The minimum Gasteiger partial charge on any atom is -0.302 e. The highest BCUT2D eigenvalue weighted by Gasteiger charge is 2.18.